The fraction of sp³-hybridized carbons (Fsp3) is 0.333. The lowest BCUT2D eigenvalue weighted by molar-refractivity contribution is -0.149. The molecule has 118 valence electrons. The van der Waals surface area contributed by atoms with E-state index in [0.29, 0.717) is 6.61 Å². The summed E-state index contributed by atoms with van der Waals surface area (Å²) >= 11 is 3.35. The molecule has 0 saturated heterocycles. The Morgan fingerprint density at radius 1 is 1.32 bits per heavy atom. The second-order valence-electron chi connectivity index (χ2n) is 4.62. The van der Waals surface area contributed by atoms with Crippen molar-refractivity contribution in [3.05, 3.63) is 46.3 Å². The molecule has 0 unspecified atom stereocenters. The van der Waals surface area contributed by atoms with Gasteiger partial charge in [-0.1, -0.05) is 28.1 Å². The van der Waals surface area contributed by atoms with E-state index in [0.717, 1.165) is 10.0 Å². The monoisotopic (exact) mass is 369 g/mol. The molecule has 0 spiro atoms. The first-order valence-corrected chi connectivity index (χ1v) is 7.52. The van der Waals surface area contributed by atoms with Gasteiger partial charge in [0.05, 0.1) is 6.04 Å². The van der Waals surface area contributed by atoms with Gasteiger partial charge in [-0.25, -0.2) is 4.79 Å². The van der Waals surface area contributed by atoms with Crippen LogP contribution in [0.5, 0.6) is 0 Å². The van der Waals surface area contributed by atoms with Gasteiger partial charge in [0.2, 0.25) is 5.76 Å². The van der Waals surface area contributed by atoms with Gasteiger partial charge in [0, 0.05) is 4.47 Å². The molecule has 6 nitrogen and oxygen atoms in total. The van der Waals surface area contributed by atoms with Crippen LogP contribution in [0.1, 0.15) is 18.5 Å². The lowest BCUT2D eigenvalue weighted by Gasteiger charge is -2.16. The van der Waals surface area contributed by atoms with Crippen molar-refractivity contribution in [1.82, 2.24) is 5.32 Å². The lowest BCUT2D eigenvalue weighted by Crippen LogP contribution is -2.31. The normalized spacial score (nSPS) is 14.9. The summed E-state index contributed by atoms with van der Waals surface area (Å²) in [6.07, 6.45) is 1.19. The molecule has 2 rings (SSSR count). The van der Waals surface area contributed by atoms with Crippen molar-refractivity contribution in [2.75, 3.05) is 19.8 Å². The molecular weight excluding hydrogens is 354 g/mol. The molecule has 0 aromatic heterocycles. The van der Waals surface area contributed by atoms with Crippen LogP contribution in [0.2, 0.25) is 0 Å². The van der Waals surface area contributed by atoms with E-state index in [-0.39, 0.29) is 30.9 Å². The molecule has 0 aliphatic carbocycles. The summed E-state index contributed by atoms with van der Waals surface area (Å²) in [6.45, 7) is 2.15. The van der Waals surface area contributed by atoms with E-state index < -0.39 is 5.97 Å². The molecule has 1 aromatic rings. The van der Waals surface area contributed by atoms with Gasteiger partial charge in [0.1, 0.15) is 19.5 Å². The maximum Gasteiger partial charge on any atom is 0.377 e. The predicted octanol–water partition coefficient (Wildman–Crippen LogP) is 2.06. The number of ether oxygens (including phenoxy) is 3. The molecule has 1 aromatic carbocycles. The van der Waals surface area contributed by atoms with Crippen LogP contribution in [-0.2, 0) is 23.8 Å². The lowest BCUT2D eigenvalue weighted by atomic mass is 10.1. The summed E-state index contributed by atoms with van der Waals surface area (Å²) in [4.78, 5) is 23.4. The summed E-state index contributed by atoms with van der Waals surface area (Å²) in [5.74, 6) is -1.13. The number of carbonyl (C=O) groups is 2. The molecule has 1 heterocycles. The molecule has 0 bridgehead atoms. The molecule has 7 heteroatoms. The highest BCUT2D eigenvalue weighted by atomic mass is 79.9. The highest BCUT2D eigenvalue weighted by molar-refractivity contribution is 9.10. The molecule has 0 radical (unpaired) electrons. The van der Waals surface area contributed by atoms with Gasteiger partial charge in [-0.3, -0.25) is 4.79 Å². The number of halogens is 1. The molecule has 1 atom stereocenters. The Balaban J connectivity index is 1.78. The van der Waals surface area contributed by atoms with Crippen LogP contribution in [0.3, 0.4) is 0 Å². The van der Waals surface area contributed by atoms with E-state index in [1.54, 1.807) is 0 Å². The average Bonchev–Trinajstić information content (AvgIpc) is 2.54. The van der Waals surface area contributed by atoms with E-state index in [2.05, 4.69) is 21.2 Å². The highest BCUT2D eigenvalue weighted by Crippen LogP contribution is 2.16. The van der Waals surface area contributed by atoms with Gasteiger partial charge in [-0.05, 0) is 24.6 Å². The van der Waals surface area contributed by atoms with Crippen LogP contribution in [0.25, 0.3) is 0 Å². The number of hydrogen-bond acceptors (Lipinski definition) is 5. The topological polar surface area (TPSA) is 73.9 Å². The predicted molar refractivity (Wildman–Crippen MR) is 81.6 cm³/mol. The van der Waals surface area contributed by atoms with Crippen LogP contribution < -0.4 is 5.32 Å². The number of rotatable bonds is 5. The first kappa shape index (κ1) is 16.4. The van der Waals surface area contributed by atoms with Crippen molar-refractivity contribution >= 4 is 27.8 Å². The minimum absolute atomic E-state index is 0.0278. The molecule has 1 N–H and O–H groups in total. The van der Waals surface area contributed by atoms with E-state index in [9.17, 15) is 9.59 Å². The third kappa shape index (κ3) is 4.77. The molecule has 1 aliphatic heterocycles. The van der Waals surface area contributed by atoms with E-state index >= 15 is 0 Å². The van der Waals surface area contributed by atoms with Gasteiger partial charge in [0.15, 0.2) is 6.61 Å². The quantitative estimate of drug-likeness (QED) is 0.804. The van der Waals surface area contributed by atoms with Crippen LogP contribution in [0, 0.1) is 0 Å². The minimum Gasteiger partial charge on any atom is -0.493 e. The van der Waals surface area contributed by atoms with Gasteiger partial charge >= 0.3 is 5.97 Å². The minimum atomic E-state index is -0.717. The van der Waals surface area contributed by atoms with Crippen molar-refractivity contribution in [2.24, 2.45) is 0 Å². The zero-order valence-corrected chi connectivity index (χ0v) is 13.6. The molecule has 1 aliphatic rings. The van der Waals surface area contributed by atoms with E-state index in [4.69, 9.17) is 14.2 Å². The van der Waals surface area contributed by atoms with Gasteiger partial charge in [-0.15, -0.1) is 0 Å². The maximum absolute atomic E-state index is 11.8. The number of hydrogen-bond donors (Lipinski definition) is 1. The molecule has 0 fully saturated rings. The van der Waals surface area contributed by atoms with Crippen molar-refractivity contribution in [3.63, 3.8) is 0 Å². The number of carbonyl (C=O) groups excluding carboxylic acids is 2. The third-order valence-electron chi connectivity index (χ3n) is 2.93. The Labute approximate surface area is 136 Å². The summed E-state index contributed by atoms with van der Waals surface area (Å²) in [5.41, 5.74) is 0.953. The fourth-order valence-corrected chi connectivity index (χ4v) is 2.06. The van der Waals surface area contributed by atoms with E-state index in [1.165, 1.54) is 6.26 Å². The van der Waals surface area contributed by atoms with Gasteiger partial charge in [-0.2, -0.15) is 0 Å². The second kappa shape index (κ2) is 7.84. The van der Waals surface area contributed by atoms with Crippen LogP contribution >= 0.6 is 15.9 Å². The summed E-state index contributed by atoms with van der Waals surface area (Å²) in [7, 11) is 0. The standard InChI is InChI=1S/C15H16BrNO5/c1-10(11-2-4-12(16)5-3-11)17-14(18)9-22-15(19)13-8-20-6-7-21-13/h2-5,8,10H,6-7,9H2,1H3,(H,17,18)/t10-/m1/s1. The Bertz CT molecular complexity index is 570. The molecule has 1 amide bonds. The Kier molecular flexibility index (Phi) is 5.83. The van der Waals surface area contributed by atoms with Gasteiger partial charge < -0.3 is 19.5 Å². The largest absolute Gasteiger partial charge is 0.493 e. The smallest absolute Gasteiger partial charge is 0.377 e. The van der Waals surface area contributed by atoms with Crippen LogP contribution in [0.4, 0.5) is 0 Å². The fourth-order valence-electron chi connectivity index (χ4n) is 1.80. The summed E-state index contributed by atoms with van der Waals surface area (Å²) in [6, 6.07) is 7.40. The van der Waals surface area contributed by atoms with Crippen molar-refractivity contribution < 1.29 is 23.8 Å². The number of esters is 1. The maximum atomic E-state index is 11.8. The number of benzene rings is 1. The first-order chi connectivity index (χ1) is 10.6. The second-order valence-corrected chi connectivity index (χ2v) is 5.53. The van der Waals surface area contributed by atoms with Crippen molar-refractivity contribution in [3.8, 4) is 0 Å². The van der Waals surface area contributed by atoms with Crippen LogP contribution in [0.15, 0.2) is 40.8 Å². The zero-order valence-electron chi connectivity index (χ0n) is 12.0. The Hall–Kier alpha value is -2.02. The Morgan fingerprint density at radius 3 is 2.68 bits per heavy atom. The molecule has 22 heavy (non-hydrogen) atoms. The summed E-state index contributed by atoms with van der Waals surface area (Å²) in [5, 5.41) is 2.75. The summed E-state index contributed by atoms with van der Waals surface area (Å²) < 4.78 is 15.8. The Morgan fingerprint density at radius 2 is 2.05 bits per heavy atom. The van der Waals surface area contributed by atoms with Crippen molar-refractivity contribution in [1.29, 1.82) is 0 Å². The molecular formula is C15H16BrNO5. The average molecular weight is 370 g/mol. The van der Waals surface area contributed by atoms with Gasteiger partial charge in [0.25, 0.3) is 5.91 Å². The number of amides is 1. The molecule has 0 saturated carbocycles. The first-order valence-electron chi connectivity index (χ1n) is 6.73. The SMILES string of the molecule is C[C@@H](NC(=O)COC(=O)C1=COCCO1)c1ccc(Br)cc1. The van der Waals surface area contributed by atoms with Crippen molar-refractivity contribution in [2.45, 2.75) is 13.0 Å². The highest BCUT2D eigenvalue weighted by Gasteiger charge is 2.18. The van der Waals surface area contributed by atoms with E-state index in [1.807, 2.05) is 31.2 Å². The van der Waals surface area contributed by atoms with Crippen LogP contribution in [-0.4, -0.2) is 31.7 Å². The zero-order chi connectivity index (χ0) is 15.9. The third-order valence-corrected chi connectivity index (χ3v) is 3.46. The number of nitrogens with one attached hydrogen (secondary N) is 1.